The molecule has 2 N–H and O–H groups in total. The Bertz CT molecular complexity index is 1280. The average molecular weight is 490 g/mol. The van der Waals surface area contributed by atoms with Crippen LogP contribution in [-0.4, -0.2) is 26.4 Å². The number of benzene rings is 3. The van der Waals surface area contributed by atoms with Crippen LogP contribution in [0, 0.1) is 10.1 Å². The second-order valence-corrected chi connectivity index (χ2v) is 9.14. The van der Waals surface area contributed by atoms with Gasteiger partial charge in [-0.1, -0.05) is 23.7 Å². The molecule has 9 nitrogen and oxygen atoms in total. The molecule has 3 rings (SSSR count). The maximum absolute atomic E-state index is 12.8. The van der Waals surface area contributed by atoms with Crippen molar-refractivity contribution >= 4 is 38.9 Å². The molecule has 172 valence electrons. The van der Waals surface area contributed by atoms with Crippen LogP contribution in [0.2, 0.25) is 5.02 Å². The van der Waals surface area contributed by atoms with Crippen LogP contribution in [0.3, 0.4) is 0 Å². The standard InChI is InChI=1S/C22H20ClN3O6S/c1-14(15-3-7-17(23)8-4-15)24-22(27)16-5-10-19(11-6-16)33(30,31)25-20-13-18(26(28)29)9-12-21(20)32-2/h3-14,25H,1-2H3,(H,24,27). The number of nitrogens with one attached hydrogen (secondary N) is 2. The molecule has 1 atom stereocenters. The molecule has 0 heterocycles. The number of sulfonamides is 1. The number of carbonyl (C=O) groups is 1. The van der Waals surface area contributed by atoms with Crippen molar-refractivity contribution < 1.29 is 22.9 Å². The number of nitro benzene ring substituents is 1. The topological polar surface area (TPSA) is 128 Å². The van der Waals surface area contributed by atoms with Gasteiger partial charge in [-0.15, -0.1) is 0 Å². The Morgan fingerprint density at radius 3 is 2.27 bits per heavy atom. The minimum absolute atomic E-state index is 0.0784. The van der Waals surface area contributed by atoms with E-state index in [2.05, 4.69) is 10.0 Å². The zero-order valence-electron chi connectivity index (χ0n) is 17.6. The lowest BCUT2D eigenvalue weighted by Crippen LogP contribution is -2.26. The number of methoxy groups -OCH3 is 1. The van der Waals surface area contributed by atoms with E-state index in [1.165, 1.54) is 43.5 Å². The zero-order chi connectivity index (χ0) is 24.2. The summed E-state index contributed by atoms with van der Waals surface area (Å²) in [4.78, 5) is 22.8. The van der Waals surface area contributed by atoms with Crippen molar-refractivity contribution in [1.82, 2.24) is 5.32 Å². The highest BCUT2D eigenvalue weighted by Gasteiger charge is 2.20. The summed E-state index contributed by atoms with van der Waals surface area (Å²) in [5.41, 5.74) is 0.755. The molecule has 0 bridgehead atoms. The second-order valence-electron chi connectivity index (χ2n) is 7.02. The molecule has 3 aromatic rings. The van der Waals surface area contributed by atoms with Crippen molar-refractivity contribution in [3.8, 4) is 5.75 Å². The number of amides is 1. The number of carbonyl (C=O) groups excluding carboxylic acids is 1. The fourth-order valence-corrected chi connectivity index (χ4v) is 4.18. The van der Waals surface area contributed by atoms with Gasteiger partial charge in [0.25, 0.3) is 21.6 Å². The van der Waals surface area contributed by atoms with Crippen LogP contribution < -0.4 is 14.8 Å². The normalized spacial score (nSPS) is 12.0. The number of nitrogens with zero attached hydrogens (tertiary/aromatic N) is 1. The zero-order valence-corrected chi connectivity index (χ0v) is 19.2. The van der Waals surface area contributed by atoms with Crippen molar-refractivity contribution in [2.45, 2.75) is 17.9 Å². The lowest BCUT2D eigenvalue weighted by atomic mass is 10.1. The summed E-state index contributed by atoms with van der Waals surface area (Å²) in [6.07, 6.45) is 0. The Labute approximate surface area is 195 Å². The first-order valence-corrected chi connectivity index (χ1v) is 11.5. The van der Waals surface area contributed by atoms with E-state index in [4.69, 9.17) is 16.3 Å². The van der Waals surface area contributed by atoms with Crippen LogP contribution >= 0.6 is 11.6 Å². The molecule has 0 aromatic heterocycles. The molecule has 0 saturated heterocycles. The van der Waals surface area contributed by atoms with Crippen molar-refractivity contribution in [3.05, 3.63) is 93.0 Å². The molecule has 0 aliphatic heterocycles. The molecular weight excluding hydrogens is 470 g/mol. The summed E-state index contributed by atoms with van der Waals surface area (Å²) in [5.74, 6) is -0.258. The third-order valence-corrected chi connectivity index (χ3v) is 6.42. The molecular formula is C22H20ClN3O6S. The van der Waals surface area contributed by atoms with Crippen molar-refractivity contribution in [2.75, 3.05) is 11.8 Å². The van der Waals surface area contributed by atoms with E-state index in [0.29, 0.717) is 5.02 Å². The molecule has 0 aliphatic rings. The number of rotatable bonds is 8. The van der Waals surface area contributed by atoms with E-state index in [1.807, 2.05) is 6.92 Å². The van der Waals surface area contributed by atoms with Gasteiger partial charge in [-0.25, -0.2) is 8.42 Å². The smallest absolute Gasteiger partial charge is 0.271 e. The third-order valence-electron chi connectivity index (χ3n) is 4.78. The fourth-order valence-electron chi connectivity index (χ4n) is 2.99. The van der Waals surface area contributed by atoms with Crippen LogP contribution in [0.25, 0.3) is 0 Å². The molecule has 11 heteroatoms. The summed E-state index contributed by atoms with van der Waals surface area (Å²) in [6.45, 7) is 1.82. The Morgan fingerprint density at radius 2 is 1.70 bits per heavy atom. The van der Waals surface area contributed by atoms with E-state index < -0.39 is 14.9 Å². The number of ether oxygens (including phenoxy) is 1. The van der Waals surface area contributed by atoms with Crippen LogP contribution in [0.15, 0.2) is 71.6 Å². The van der Waals surface area contributed by atoms with Crippen molar-refractivity contribution in [3.63, 3.8) is 0 Å². The quantitative estimate of drug-likeness (QED) is 0.353. The summed E-state index contributed by atoms with van der Waals surface area (Å²) in [7, 11) is -2.78. The summed E-state index contributed by atoms with van der Waals surface area (Å²) in [5, 5.41) is 14.4. The molecule has 0 radical (unpaired) electrons. The maximum Gasteiger partial charge on any atom is 0.271 e. The van der Waals surface area contributed by atoms with Crippen molar-refractivity contribution in [2.24, 2.45) is 0 Å². The van der Waals surface area contributed by atoms with Gasteiger partial charge in [-0.05, 0) is 55.0 Å². The monoisotopic (exact) mass is 489 g/mol. The first-order chi connectivity index (χ1) is 15.6. The van der Waals surface area contributed by atoms with Crippen LogP contribution in [-0.2, 0) is 10.0 Å². The van der Waals surface area contributed by atoms with Gasteiger partial charge in [-0.2, -0.15) is 0 Å². The fraction of sp³-hybridized carbons (Fsp3) is 0.136. The summed E-state index contributed by atoms with van der Waals surface area (Å²) in [6, 6.07) is 15.6. The highest BCUT2D eigenvalue weighted by atomic mass is 35.5. The van der Waals surface area contributed by atoms with Gasteiger partial charge < -0.3 is 10.1 Å². The van der Waals surface area contributed by atoms with E-state index >= 15 is 0 Å². The number of nitro groups is 1. The Hall–Kier alpha value is -3.63. The van der Waals surface area contributed by atoms with E-state index in [0.717, 1.165) is 11.6 Å². The highest BCUT2D eigenvalue weighted by molar-refractivity contribution is 7.92. The van der Waals surface area contributed by atoms with Gasteiger partial charge in [0.2, 0.25) is 0 Å². The SMILES string of the molecule is COc1ccc([N+](=O)[O-])cc1NS(=O)(=O)c1ccc(C(=O)NC(C)c2ccc(Cl)cc2)cc1. The highest BCUT2D eigenvalue weighted by Crippen LogP contribution is 2.31. The molecule has 33 heavy (non-hydrogen) atoms. The van der Waals surface area contributed by atoms with Gasteiger partial charge in [-0.3, -0.25) is 19.6 Å². The van der Waals surface area contributed by atoms with E-state index in [9.17, 15) is 23.3 Å². The minimum Gasteiger partial charge on any atom is -0.495 e. The number of hydrogen-bond donors (Lipinski definition) is 2. The maximum atomic E-state index is 12.8. The molecule has 0 aliphatic carbocycles. The van der Waals surface area contributed by atoms with Gasteiger partial charge in [0.15, 0.2) is 0 Å². The number of halogens is 1. The second kappa shape index (κ2) is 9.88. The van der Waals surface area contributed by atoms with E-state index in [1.54, 1.807) is 24.3 Å². The molecule has 1 unspecified atom stereocenters. The first kappa shape index (κ1) is 24.0. The molecule has 0 saturated carbocycles. The van der Waals surface area contributed by atoms with Crippen LogP contribution in [0.4, 0.5) is 11.4 Å². The average Bonchev–Trinajstić information content (AvgIpc) is 2.79. The molecule has 3 aromatic carbocycles. The minimum atomic E-state index is -4.10. The number of non-ortho nitro benzene ring substituents is 1. The largest absolute Gasteiger partial charge is 0.495 e. The van der Waals surface area contributed by atoms with Gasteiger partial charge >= 0.3 is 0 Å². The molecule has 1 amide bonds. The van der Waals surface area contributed by atoms with Gasteiger partial charge in [0.05, 0.1) is 28.7 Å². The number of hydrogen-bond acceptors (Lipinski definition) is 6. The molecule has 0 spiro atoms. The van der Waals surface area contributed by atoms with Crippen LogP contribution in [0.5, 0.6) is 5.75 Å². The summed E-state index contributed by atoms with van der Waals surface area (Å²) >= 11 is 5.88. The van der Waals surface area contributed by atoms with Gasteiger partial charge in [0, 0.05) is 22.7 Å². The van der Waals surface area contributed by atoms with Crippen molar-refractivity contribution in [1.29, 1.82) is 0 Å². The van der Waals surface area contributed by atoms with E-state index in [-0.39, 0.29) is 39.5 Å². The Balaban J connectivity index is 1.76. The Morgan fingerprint density at radius 1 is 1.06 bits per heavy atom. The lowest BCUT2D eigenvalue weighted by Gasteiger charge is -2.15. The third kappa shape index (κ3) is 5.79. The Kier molecular flexibility index (Phi) is 7.19. The summed E-state index contributed by atoms with van der Waals surface area (Å²) < 4.78 is 32.9. The van der Waals surface area contributed by atoms with Crippen LogP contribution in [0.1, 0.15) is 28.9 Å². The van der Waals surface area contributed by atoms with Gasteiger partial charge in [0.1, 0.15) is 5.75 Å². The predicted octanol–water partition coefficient (Wildman–Crippen LogP) is 4.55. The number of anilines is 1. The molecule has 0 fully saturated rings. The predicted molar refractivity (Wildman–Crippen MR) is 124 cm³/mol. The first-order valence-electron chi connectivity index (χ1n) is 9.62. The lowest BCUT2D eigenvalue weighted by molar-refractivity contribution is -0.384.